The minimum atomic E-state index is -3.53. The summed E-state index contributed by atoms with van der Waals surface area (Å²) in [6, 6.07) is 24.4. The first kappa shape index (κ1) is 20.6. The van der Waals surface area contributed by atoms with Crippen LogP contribution in [0.3, 0.4) is 0 Å². The van der Waals surface area contributed by atoms with Crippen LogP contribution in [-0.4, -0.2) is 24.1 Å². The Balaban J connectivity index is 1.57. The highest BCUT2D eigenvalue weighted by atomic mass is 32.2. The Morgan fingerprint density at radius 3 is 2.39 bits per heavy atom. The summed E-state index contributed by atoms with van der Waals surface area (Å²) >= 11 is 1.51. The van der Waals surface area contributed by atoms with Gasteiger partial charge in [0.25, 0.3) is 0 Å². The first-order valence-electron chi connectivity index (χ1n) is 10.4. The van der Waals surface area contributed by atoms with Crippen molar-refractivity contribution in [3.8, 4) is 0 Å². The number of nitrogens with zero attached hydrogens (tertiary/aromatic N) is 1. The third-order valence-corrected chi connectivity index (χ3v) is 9.94. The highest BCUT2D eigenvalue weighted by Gasteiger charge is 2.65. The van der Waals surface area contributed by atoms with Crippen LogP contribution in [0.25, 0.3) is 0 Å². The zero-order valence-corrected chi connectivity index (χ0v) is 18.9. The first-order chi connectivity index (χ1) is 14.8. The van der Waals surface area contributed by atoms with E-state index in [-0.39, 0.29) is 11.7 Å². The quantitative estimate of drug-likeness (QED) is 0.620. The number of aryl methyl sites for hydroxylation is 1. The van der Waals surface area contributed by atoms with E-state index in [1.807, 2.05) is 73.7 Å². The molecule has 1 aliphatic carbocycles. The Kier molecular flexibility index (Phi) is 4.92. The minimum absolute atomic E-state index is 0.0459. The molecule has 1 N–H and O–H groups in total. The lowest BCUT2D eigenvalue weighted by molar-refractivity contribution is 0.000625. The molecular weight excluding hydrogens is 426 g/mol. The molecule has 5 rings (SSSR count). The van der Waals surface area contributed by atoms with Crippen LogP contribution in [0.4, 0.5) is 5.69 Å². The van der Waals surface area contributed by atoms with Gasteiger partial charge in [-0.25, -0.2) is 8.42 Å². The molecule has 31 heavy (non-hydrogen) atoms. The maximum Gasteiger partial charge on any atom is 0.178 e. The molecule has 4 nitrogen and oxygen atoms in total. The van der Waals surface area contributed by atoms with Gasteiger partial charge < -0.3 is 5.11 Å². The zero-order chi connectivity index (χ0) is 21.7. The van der Waals surface area contributed by atoms with E-state index in [0.29, 0.717) is 17.7 Å². The summed E-state index contributed by atoms with van der Waals surface area (Å²) < 4.78 is 26.7. The van der Waals surface area contributed by atoms with E-state index in [9.17, 15) is 13.5 Å². The maximum atomic E-state index is 13.3. The fraction of sp³-hybridized carbons (Fsp3) is 0.280. The van der Waals surface area contributed by atoms with Crippen LogP contribution in [0.5, 0.6) is 0 Å². The van der Waals surface area contributed by atoms with E-state index >= 15 is 0 Å². The lowest BCUT2D eigenvalue weighted by Crippen LogP contribution is -2.53. The molecule has 1 radical (unpaired) electrons. The zero-order valence-electron chi connectivity index (χ0n) is 17.2. The summed E-state index contributed by atoms with van der Waals surface area (Å²) in [5.74, 6) is -0.364. The molecule has 1 heterocycles. The smallest absolute Gasteiger partial charge is 0.178 e. The number of aliphatic hydroxyl groups is 1. The lowest BCUT2D eigenvalue weighted by Gasteiger charge is -2.41. The first-order valence-corrected chi connectivity index (χ1v) is 12.9. The average molecular weight is 451 g/mol. The minimum Gasteiger partial charge on any atom is -0.382 e. The van der Waals surface area contributed by atoms with Gasteiger partial charge in [-0.15, -0.1) is 0 Å². The van der Waals surface area contributed by atoms with Crippen molar-refractivity contribution in [2.45, 2.75) is 40.0 Å². The molecule has 0 aromatic heterocycles. The Morgan fingerprint density at radius 1 is 1.00 bits per heavy atom. The predicted molar refractivity (Wildman–Crippen MR) is 123 cm³/mol. The predicted octanol–water partition coefficient (Wildman–Crippen LogP) is 4.80. The normalized spacial score (nSPS) is 27.2. The van der Waals surface area contributed by atoms with Crippen LogP contribution < -0.4 is 5.32 Å². The van der Waals surface area contributed by atoms with Crippen LogP contribution in [0.15, 0.2) is 88.7 Å². The van der Waals surface area contributed by atoms with Crippen molar-refractivity contribution in [1.29, 1.82) is 0 Å². The van der Waals surface area contributed by atoms with Gasteiger partial charge in [-0.1, -0.05) is 71.9 Å². The summed E-state index contributed by atoms with van der Waals surface area (Å²) in [6.45, 7) is 1.94. The third kappa shape index (κ3) is 3.28. The van der Waals surface area contributed by atoms with Crippen molar-refractivity contribution in [3.63, 3.8) is 0 Å². The summed E-state index contributed by atoms with van der Waals surface area (Å²) in [4.78, 5) is 0.330. The van der Waals surface area contributed by atoms with Crippen molar-refractivity contribution in [2.75, 3.05) is 5.75 Å². The second-order valence-electron chi connectivity index (χ2n) is 8.43. The van der Waals surface area contributed by atoms with E-state index < -0.39 is 20.3 Å². The van der Waals surface area contributed by atoms with Gasteiger partial charge in [0.05, 0.1) is 16.3 Å². The summed E-state index contributed by atoms with van der Waals surface area (Å²) in [5.41, 5.74) is 1.38. The Bertz CT molecular complexity index is 1180. The van der Waals surface area contributed by atoms with E-state index in [0.717, 1.165) is 21.7 Å². The Hall–Kier alpha value is -2.28. The van der Waals surface area contributed by atoms with E-state index in [1.54, 1.807) is 12.1 Å². The van der Waals surface area contributed by atoms with Crippen LogP contribution in [0.2, 0.25) is 0 Å². The number of hydrogen-bond donors (Lipinski definition) is 1. The molecule has 0 bridgehead atoms. The largest absolute Gasteiger partial charge is 0.382 e. The molecule has 3 aromatic carbocycles. The molecule has 1 aliphatic heterocycles. The molecule has 3 atom stereocenters. The lowest BCUT2D eigenvalue weighted by atomic mass is 9.85. The highest BCUT2D eigenvalue weighted by molar-refractivity contribution is 8.01. The van der Waals surface area contributed by atoms with Crippen molar-refractivity contribution in [1.82, 2.24) is 5.32 Å². The molecule has 1 saturated carbocycles. The summed E-state index contributed by atoms with van der Waals surface area (Å²) in [5, 5.41) is 17.1. The highest BCUT2D eigenvalue weighted by Crippen LogP contribution is 2.63. The van der Waals surface area contributed by atoms with Crippen molar-refractivity contribution in [3.05, 3.63) is 90.0 Å². The third-order valence-electron chi connectivity index (χ3n) is 6.47. The van der Waals surface area contributed by atoms with Gasteiger partial charge in [0.15, 0.2) is 9.84 Å². The number of hydrogen-bond acceptors (Lipinski definition) is 4. The molecule has 159 valence electrons. The van der Waals surface area contributed by atoms with Gasteiger partial charge >= 0.3 is 0 Å². The van der Waals surface area contributed by atoms with Crippen molar-refractivity contribution < 1.29 is 13.5 Å². The molecule has 1 fully saturated rings. The summed E-state index contributed by atoms with van der Waals surface area (Å²) in [6.07, 6.45) is 1.05. The van der Waals surface area contributed by atoms with Crippen molar-refractivity contribution >= 4 is 27.3 Å². The number of thioether (sulfide) groups is 1. The van der Waals surface area contributed by atoms with Gasteiger partial charge in [-0.2, -0.15) is 0 Å². The molecule has 3 unspecified atom stereocenters. The Morgan fingerprint density at radius 2 is 1.68 bits per heavy atom. The molecule has 1 spiro atoms. The Labute approximate surface area is 187 Å². The van der Waals surface area contributed by atoms with Gasteiger partial charge in [0, 0.05) is 10.8 Å². The molecular formula is C25H24NO3S2. The van der Waals surface area contributed by atoms with Crippen LogP contribution in [0, 0.1) is 12.8 Å². The van der Waals surface area contributed by atoms with Gasteiger partial charge in [0.2, 0.25) is 0 Å². The number of rotatable bonds is 4. The van der Waals surface area contributed by atoms with Crippen LogP contribution in [0.1, 0.15) is 24.0 Å². The molecule has 0 saturated heterocycles. The van der Waals surface area contributed by atoms with Crippen LogP contribution in [-0.2, 0) is 15.4 Å². The summed E-state index contributed by atoms with van der Waals surface area (Å²) in [7, 11) is -3.53. The molecule has 3 aromatic rings. The van der Waals surface area contributed by atoms with E-state index in [2.05, 4.69) is 0 Å². The fourth-order valence-electron chi connectivity index (χ4n) is 4.82. The second kappa shape index (κ2) is 7.40. The van der Waals surface area contributed by atoms with Crippen molar-refractivity contribution in [2.24, 2.45) is 5.92 Å². The topological polar surface area (TPSA) is 68.5 Å². The van der Waals surface area contributed by atoms with E-state index in [4.69, 9.17) is 5.32 Å². The monoisotopic (exact) mass is 450 g/mol. The SMILES string of the molecule is Cc1ccc(S(=O)(=O)CC2CCC(O)(c3ccccc3)C23[N]c2ccccc2S3)cc1. The number of sulfone groups is 1. The molecule has 6 heteroatoms. The second-order valence-corrected chi connectivity index (χ2v) is 11.7. The van der Waals surface area contributed by atoms with Gasteiger partial charge in [-0.05, 0) is 49.6 Å². The maximum absolute atomic E-state index is 13.3. The molecule has 0 amide bonds. The molecule has 2 aliphatic rings. The number of para-hydroxylation sites is 1. The van der Waals surface area contributed by atoms with Crippen LogP contribution >= 0.6 is 11.8 Å². The standard InChI is InChI=1S/C25H24NO3S2/c1-18-11-13-21(14-12-18)31(28,29)17-20-15-16-24(27,19-7-3-2-4-8-19)25(20)26-22-9-5-6-10-23(22)30-25/h2-14,20,27H,15-17H2,1H3. The fourth-order valence-corrected chi connectivity index (χ4v) is 8.21. The number of benzene rings is 3. The average Bonchev–Trinajstić information content (AvgIpc) is 3.29. The number of fused-ring (bicyclic) bond motifs is 1. The van der Waals surface area contributed by atoms with Gasteiger partial charge in [0.1, 0.15) is 10.5 Å². The van der Waals surface area contributed by atoms with E-state index in [1.165, 1.54) is 11.8 Å². The van der Waals surface area contributed by atoms with Gasteiger partial charge in [-0.3, -0.25) is 5.32 Å².